The van der Waals surface area contributed by atoms with Crippen molar-refractivity contribution >= 4 is 0 Å². The molecule has 1 aliphatic rings. The highest BCUT2D eigenvalue weighted by atomic mass is 16.7. The van der Waals surface area contributed by atoms with Crippen molar-refractivity contribution < 1.29 is 14.2 Å². The van der Waals surface area contributed by atoms with Crippen LogP contribution in [0.3, 0.4) is 0 Å². The third kappa shape index (κ3) is 2.37. The van der Waals surface area contributed by atoms with Crippen molar-refractivity contribution in [1.29, 1.82) is 0 Å². The summed E-state index contributed by atoms with van der Waals surface area (Å²) >= 11 is 0. The first-order valence-corrected chi connectivity index (χ1v) is 6.86. The molecule has 3 rings (SSSR count). The lowest BCUT2D eigenvalue weighted by Crippen LogP contribution is -2.17. The Hall–Kier alpha value is -2.00. The van der Waals surface area contributed by atoms with Gasteiger partial charge < -0.3 is 14.2 Å². The van der Waals surface area contributed by atoms with Crippen molar-refractivity contribution in [3.05, 3.63) is 48.0 Å². The first-order chi connectivity index (χ1) is 9.81. The Morgan fingerprint density at radius 3 is 2.85 bits per heavy atom. The van der Waals surface area contributed by atoms with E-state index in [4.69, 9.17) is 14.2 Å². The van der Waals surface area contributed by atoms with Crippen LogP contribution in [0.25, 0.3) is 11.1 Å². The third-order valence-corrected chi connectivity index (χ3v) is 3.50. The van der Waals surface area contributed by atoms with Crippen LogP contribution in [0.15, 0.2) is 42.5 Å². The van der Waals surface area contributed by atoms with Crippen molar-refractivity contribution in [2.45, 2.75) is 19.6 Å². The van der Waals surface area contributed by atoms with Crippen LogP contribution in [0, 0.1) is 0 Å². The van der Waals surface area contributed by atoms with Crippen molar-refractivity contribution in [2.75, 3.05) is 13.7 Å². The zero-order valence-electron chi connectivity index (χ0n) is 11.8. The molecule has 1 unspecified atom stereocenters. The van der Waals surface area contributed by atoms with E-state index in [0.29, 0.717) is 6.61 Å². The summed E-state index contributed by atoms with van der Waals surface area (Å²) in [5.74, 6) is 1.78. The van der Waals surface area contributed by atoms with Gasteiger partial charge in [-0.2, -0.15) is 0 Å². The van der Waals surface area contributed by atoms with Crippen molar-refractivity contribution in [2.24, 2.45) is 0 Å². The number of rotatable bonds is 4. The summed E-state index contributed by atoms with van der Waals surface area (Å²) in [4.78, 5) is 0. The number of fused-ring (bicyclic) bond motifs is 1. The molecule has 1 heterocycles. The fraction of sp³-hybridized carbons (Fsp3) is 0.294. The summed E-state index contributed by atoms with van der Waals surface area (Å²) < 4.78 is 16.7. The quantitative estimate of drug-likeness (QED) is 0.848. The number of methoxy groups -OCH3 is 1. The van der Waals surface area contributed by atoms with Crippen LogP contribution < -0.4 is 9.47 Å². The molecule has 0 radical (unpaired) electrons. The molecule has 0 saturated carbocycles. The molecule has 0 spiro atoms. The standard InChI is InChI=1S/C17H18O3/c1-3-19-17-11-15-14(8-5-9-16(15)20-17)12-6-4-7-13(10-12)18-2/h4-10,17H,3,11H2,1-2H3. The van der Waals surface area contributed by atoms with Gasteiger partial charge in [-0.05, 0) is 36.2 Å². The molecule has 20 heavy (non-hydrogen) atoms. The Kier molecular flexibility index (Phi) is 3.61. The van der Waals surface area contributed by atoms with E-state index >= 15 is 0 Å². The zero-order chi connectivity index (χ0) is 13.9. The number of hydrogen-bond acceptors (Lipinski definition) is 3. The molecule has 3 nitrogen and oxygen atoms in total. The first kappa shape index (κ1) is 13.0. The lowest BCUT2D eigenvalue weighted by Gasteiger charge is -2.08. The second kappa shape index (κ2) is 5.55. The summed E-state index contributed by atoms with van der Waals surface area (Å²) in [6, 6.07) is 14.2. The van der Waals surface area contributed by atoms with Gasteiger partial charge in [0.25, 0.3) is 0 Å². The van der Waals surface area contributed by atoms with E-state index in [0.717, 1.165) is 23.5 Å². The molecule has 0 bridgehead atoms. The maximum atomic E-state index is 5.81. The lowest BCUT2D eigenvalue weighted by molar-refractivity contribution is -0.0602. The average molecular weight is 270 g/mol. The molecule has 0 saturated heterocycles. The van der Waals surface area contributed by atoms with E-state index in [1.807, 2.05) is 37.3 Å². The van der Waals surface area contributed by atoms with E-state index < -0.39 is 0 Å². The normalized spacial score (nSPS) is 16.6. The van der Waals surface area contributed by atoms with Gasteiger partial charge in [-0.25, -0.2) is 0 Å². The van der Waals surface area contributed by atoms with Gasteiger partial charge in [-0.15, -0.1) is 0 Å². The summed E-state index contributed by atoms with van der Waals surface area (Å²) in [5, 5.41) is 0. The summed E-state index contributed by atoms with van der Waals surface area (Å²) in [7, 11) is 1.68. The average Bonchev–Trinajstić information content (AvgIpc) is 2.90. The maximum Gasteiger partial charge on any atom is 0.204 e. The molecule has 0 aromatic heterocycles. The second-order valence-electron chi connectivity index (χ2n) is 4.72. The summed E-state index contributed by atoms with van der Waals surface area (Å²) in [5.41, 5.74) is 3.53. The van der Waals surface area contributed by atoms with E-state index in [1.54, 1.807) is 7.11 Å². The van der Waals surface area contributed by atoms with Crippen LogP contribution >= 0.6 is 0 Å². The minimum atomic E-state index is -0.165. The Morgan fingerprint density at radius 2 is 2.05 bits per heavy atom. The van der Waals surface area contributed by atoms with Gasteiger partial charge in [0.05, 0.1) is 7.11 Å². The summed E-state index contributed by atoms with van der Waals surface area (Å²) in [6.45, 7) is 2.64. The van der Waals surface area contributed by atoms with Gasteiger partial charge in [-0.1, -0.05) is 24.3 Å². The monoisotopic (exact) mass is 270 g/mol. The predicted molar refractivity (Wildman–Crippen MR) is 78.2 cm³/mol. The molecular weight excluding hydrogens is 252 g/mol. The number of benzene rings is 2. The van der Waals surface area contributed by atoms with Gasteiger partial charge in [0.2, 0.25) is 6.29 Å². The van der Waals surface area contributed by atoms with Crippen LogP contribution in [-0.2, 0) is 11.2 Å². The van der Waals surface area contributed by atoms with Crippen LogP contribution in [0.4, 0.5) is 0 Å². The van der Waals surface area contributed by atoms with E-state index in [-0.39, 0.29) is 6.29 Å². The molecule has 0 aliphatic carbocycles. The first-order valence-electron chi connectivity index (χ1n) is 6.86. The van der Waals surface area contributed by atoms with Crippen LogP contribution in [0.1, 0.15) is 12.5 Å². The zero-order valence-corrected chi connectivity index (χ0v) is 11.8. The largest absolute Gasteiger partial charge is 0.497 e. The topological polar surface area (TPSA) is 27.7 Å². The lowest BCUT2D eigenvalue weighted by atomic mass is 9.97. The van der Waals surface area contributed by atoms with Crippen molar-refractivity contribution in [3.8, 4) is 22.6 Å². The molecular formula is C17H18O3. The van der Waals surface area contributed by atoms with Gasteiger partial charge >= 0.3 is 0 Å². The minimum Gasteiger partial charge on any atom is -0.497 e. The summed E-state index contributed by atoms with van der Waals surface area (Å²) in [6.07, 6.45) is 0.623. The van der Waals surface area contributed by atoms with Crippen LogP contribution in [0.5, 0.6) is 11.5 Å². The molecule has 1 aliphatic heterocycles. The predicted octanol–water partition coefficient (Wildman–Crippen LogP) is 3.66. The van der Waals surface area contributed by atoms with Gasteiger partial charge in [0.15, 0.2) is 0 Å². The van der Waals surface area contributed by atoms with Crippen LogP contribution in [-0.4, -0.2) is 20.0 Å². The minimum absolute atomic E-state index is 0.165. The molecule has 1 atom stereocenters. The molecule has 0 fully saturated rings. The third-order valence-electron chi connectivity index (χ3n) is 3.50. The molecule has 0 N–H and O–H groups in total. The van der Waals surface area contributed by atoms with Gasteiger partial charge in [0, 0.05) is 18.6 Å². The van der Waals surface area contributed by atoms with E-state index in [1.165, 1.54) is 11.1 Å². The highest BCUT2D eigenvalue weighted by Crippen LogP contribution is 2.37. The highest BCUT2D eigenvalue weighted by molar-refractivity contribution is 5.72. The van der Waals surface area contributed by atoms with Gasteiger partial charge in [0.1, 0.15) is 11.5 Å². The second-order valence-corrected chi connectivity index (χ2v) is 4.72. The molecule has 2 aromatic rings. The van der Waals surface area contributed by atoms with Crippen molar-refractivity contribution in [1.82, 2.24) is 0 Å². The van der Waals surface area contributed by atoms with Crippen molar-refractivity contribution in [3.63, 3.8) is 0 Å². The Balaban J connectivity index is 1.98. The number of ether oxygens (including phenoxy) is 3. The van der Waals surface area contributed by atoms with E-state index in [9.17, 15) is 0 Å². The highest BCUT2D eigenvalue weighted by Gasteiger charge is 2.25. The fourth-order valence-electron chi connectivity index (χ4n) is 2.58. The van der Waals surface area contributed by atoms with E-state index in [2.05, 4.69) is 12.1 Å². The SMILES string of the molecule is CCOC1Cc2c(cccc2-c2cccc(OC)c2)O1. The Labute approximate surface area is 119 Å². The molecule has 3 heteroatoms. The number of hydrogen-bond donors (Lipinski definition) is 0. The molecule has 0 amide bonds. The van der Waals surface area contributed by atoms with Crippen LogP contribution in [0.2, 0.25) is 0 Å². The maximum absolute atomic E-state index is 5.81. The Bertz CT molecular complexity index is 607. The molecule has 2 aromatic carbocycles. The van der Waals surface area contributed by atoms with Gasteiger partial charge in [-0.3, -0.25) is 0 Å². The smallest absolute Gasteiger partial charge is 0.204 e. The Morgan fingerprint density at radius 1 is 1.20 bits per heavy atom. The fourth-order valence-corrected chi connectivity index (χ4v) is 2.58. The molecule has 104 valence electrons.